The quantitative estimate of drug-likeness (QED) is 0.535. The van der Waals surface area contributed by atoms with Crippen LogP contribution in [0.25, 0.3) is 22.7 Å². The van der Waals surface area contributed by atoms with Crippen molar-refractivity contribution >= 4 is 23.2 Å². The van der Waals surface area contributed by atoms with Crippen LogP contribution in [-0.2, 0) is 6.18 Å². The molecule has 0 bridgehead atoms. The lowest BCUT2D eigenvalue weighted by molar-refractivity contribution is -0.137. The van der Waals surface area contributed by atoms with Crippen molar-refractivity contribution < 1.29 is 17.6 Å². The number of nitrogens with zero attached hydrogens (tertiary/aromatic N) is 1. The Hall–Kier alpha value is -1.98. The van der Waals surface area contributed by atoms with Gasteiger partial charge in [0, 0.05) is 5.56 Å². The van der Waals surface area contributed by atoms with E-state index in [1.807, 2.05) is 0 Å². The summed E-state index contributed by atoms with van der Waals surface area (Å²) in [6.45, 7) is 0. The van der Waals surface area contributed by atoms with Gasteiger partial charge in [-0.25, -0.2) is 4.98 Å². The topological polar surface area (TPSA) is 26.0 Å². The summed E-state index contributed by atoms with van der Waals surface area (Å²) in [6.07, 6.45) is -3.02. The molecule has 0 atom stereocenters. The molecule has 0 saturated heterocycles. The largest absolute Gasteiger partial charge is 0.444 e. The van der Waals surface area contributed by atoms with Crippen LogP contribution in [0, 0.1) is 0 Å². The summed E-state index contributed by atoms with van der Waals surface area (Å²) >= 11 is 12.0. The van der Waals surface area contributed by atoms with Gasteiger partial charge in [-0.2, -0.15) is 13.2 Å². The molecule has 3 rings (SSSR count). The van der Waals surface area contributed by atoms with Crippen LogP contribution in [0.1, 0.15) is 5.56 Å². The Morgan fingerprint density at radius 1 is 0.957 bits per heavy atom. The second kappa shape index (κ2) is 5.91. The molecule has 0 aliphatic rings. The van der Waals surface area contributed by atoms with Gasteiger partial charge in [0.2, 0.25) is 5.89 Å². The van der Waals surface area contributed by atoms with E-state index in [0.717, 1.165) is 12.1 Å². The van der Waals surface area contributed by atoms with E-state index in [2.05, 4.69) is 4.98 Å². The Labute approximate surface area is 139 Å². The van der Waals surface area contributed by atoms with Gasteiger partial charge in [-0.3, -0.25) is 0 Å². The maximum atomic E-state index is 12.6. The molecule has 1 aromatic heterocycles. The third-order valence-corrected chi connectivity index (χ3v) is 4.01. The fraction of sp³-hybridized carbons (Fsp3) is 0.0625. The van der Waals surface area contributed by atoms with Gasteiger partial charge in [-0.15, -0.1) is 0 Å². The first-order valence-corrected chi connectivity index (χ1v) is 7.19. The zero-order chi connectivity index (χ0) is 16.6. The Morgan fingerprint density at radius 2 is 1.65 bits per heavy atom. The molecule has 23 heavy (non-hydrogen) atoms. The van der Waals surface area contributed by atoms with Crippen molar-refractivity contribution in [2.24, 2.45) is 0 Å². The van der Waals surface area contributed by atoms with Crippen LogP contribution in [-0.4, -0.2) is 4.98 Å². The minimum Gasteiger partial charge on any atom is -0.444 e. The Bertz CT molecular complexity index is 841. The van der Waals surface area contributed by atoms with E-state index in [1.165, 1.54) is 18.4 Å². The molecule has 0 aliphatic heterocycles. The zero-order valence-electron chi connectivity index (χ0n) is 11.4. The predicted octanol–water partition coefficient (Wildman–Crippen LogP) is 6.33. The maximum absolute atomic E-state index is 12.6. The lowest BCUT2D eigenvalue weighted by atomic mass is 10.1. The van der Waals surface area contributed by atoms with Gasteiger partial charge in [0.1, 0.15) is 12.0 Å². The Kier molecular flexibility index (Phi) is 4.08. The fourth-order valence-corrected chi connectivity index (χ4v) is 2.41. The van der Waals surface area contributed by atoms with Gasteiger partial charge in [-0.1, -0.05) is 41.4 Å². The van der Waals surface area contributed by atoms with Gasteiger partial charge in [-0.05, 0) is 24.3 Å². The number of alkyl halides is 3. The second-order valence-electron chi connectivity index (χ2n) is 4.71. The van der Waals surface area contributed by atoms with Crippen molar-refractivity contribution in [2.75, 3.05) is 0 Å². The number of aromatic nitrogens is 1. The fourth-order valence-electron chi connectivity index (χ4n) is 2.03. The van der Waals surface area contributed by atoms with Crippen LogP contribution < -0.4 is 0 Å². The monoisotopic (exact) mass is 357 g/mol. The van der Waals surface area contributed by atoms with Gasteiger partial charge in [0.05, 0.1) is 21.2 Å². The van der Waals surface area contributed by atoms with Gasteiger partial charge in [0.25, 0.3) is 0 Å². The summed E-state index contributed by atoms with van der Waals surface area (Å²) in [5.41, 5.74) is 0.705. The van der Waals surface area contributed by atoms with E-state index in [1.54, 1.807) is 18.2 Å². The normalized spacial score (nSPS) is 11.7. The highest BCUT2D eigenvalue weighted by Gasteiger charge is 2.30. The maximum Gasteiger partial charge on any atom is 0.416 e. The number of benzene rings is 2. The first-order chi connectivity index (χ1) is 10.9. The zero-order valence-corrected chi connectivity index (χ0v) is 12.9. The van der Waals surface area contributed by atoms with Crippen molar-refractivity contribution in [3.63, 3.8) is 0 Å². The van der Waals surface area contributed by atoms with Crippen LogP contribution in [0.3, 0.4) is 0 Å². The number of hydrogen-bond acceptors (Lipinski definition) is 2. The lowest BCUT2D eigenvalue weighted by Gasteiger charge is -2.06. The average molecular weight is 358 g/mol. The van der Waals surface area contributed by atoms with E-state index in [9.17, 15) is 13.2 Å². The van der Waals surface area contributed by atoms with Gasteiger partial charge < -0.3 is 4.42 Å². The third-order valence-electron chi connectivity index (χ3n) is 3.19. The molecule has 0 N–H and O–H groups in total. The van der Waals surface area contributed by atoms with Crippen molar-refractivity contribution in [1.29, 1.82) is 0 Å². The Morgan fingerprint density at radius 3 is 2.30 bits per heavy atom. The molecule has 118 valence electrons. The summed E-state index contributed by atoms with van der Waals surface area (Å²) in [7, 11) is 0. The minimum atomic E-state index is -4.37. The van der Waals surface area contributed by atoms with E-state index < -0.39 is 11.7 Å². The number of hydrogen-bond donors (Lipinski definition) is 0. The summed E-state index contributed by atoms with van der Waals surface area (Å²) in [6, 6.07) is 9.69. The third kappa shape index (κ3) is 3.21. The van der Waals surface area contributed by atoms with Crippen molar-refractivity contribution in [3.05, 3.63) is 64.3 Å². The van der Waals surface area contributed by atoms with Gasteiger partial charge in [0.15, 0.2) is 0 Å². The first kappa shape index (κ1) is 15.9. The average Bonchev–Trinajstić information content (AvgIpc) is 2.99. The van der Waals surface area contributed by atoms with E-state index in [-0.39, 0.29) is 5.89 Å². The summed E-state index contributed by atoms with van der Waals surface area (Å²) < 4.78 is 43.1. The molecule has 0 spiro atoms. The molecule has 0 fully saturated rings. The molecule has 0 saturated carbocycles. The van der Waals surface area contributed by atoms with E-state index >= 15 is 0 Å². The highest BCUT2D eigenvalue weighted by molar-refractivity contribution is 6.43. The molecule has 0 unspecified atom stereocenters. The molecule has 0 amide bonds. The van der Waals surface area contributed by atoms with Crippen LogP contribution in [0.15, 0.2) is 53.1 Å². The van der Waals surface area contributed by atoms with Crippen molar-refractivity contribution in [1.82, 2.24) is 4.98 Å². The van der Waals surface area contributed by atoms with E-state index in [4.69, 9.17) is 27.6 Å². The smallest absolute Gasteiger partial charge is 0.416 e. The highest BCUT2D eigenvalue weighted by atomic mass is 35.5. The summed E-state index contributed by atoms with van der Waals surface area (Å²) in [5.74, 6) is 0.243. The van der Waals surface area contributed by atoms with Crippen LogP contribution in [0.5, 0.6) is 0 Å². The van der Waals surface area contributed by atoms with Gasteiger partial charge >= 0.3 is 6.18 Å². The molecular formula is C16H8Cl2F3NO. The first-order valence-electron chi connectivity index (χ1n) is 6.44. The number of rotatable bonds is 2. The molecule has 0 radical (unpaired) electrons. The SMILES string of the molecule is FC(F)(F)c1ccc(-c2coc(-c3cccc(Cl)c3Cl)n2)cc1. The predicted molar refractivity (Wildman–Crippen MR) is 82.4 cm³/mol. The molecule has 2 nitrogen and oxygen atoms in total. The molecule has 2 aromatic carbocycles. The Balaban J connectivity index is 1.95. The molecule has 1 heterocycles. The minimum absolute atomic E-state index is 0.243. The van der Waals surface area contributed by atoms with Crippen LogP contribution >= 0.6 is 23.2 Å². The summed E-state index contributed by atoms with van der Waals surface area (Å²) in [4.78, 5) is 4.25. The highest BCUT2D eigenvalue weighted by Crippen LogP contribution is 2.35. The number of oxazole rings is 1. The lowest BCUT2D eigenvalue weighted by Crippen LogP contribution is -2.03. The van der Waals surface area contributed by atoms with E-state index in [0.29, 0.717) is 26.9 Å². The standard InChI is InChI=1S/C16H8Cl2F3NO/c17-12-3-1-2-11(14(12)18)15-22-13(8-23-15)9-4-6-10(7-5-9)16(19,20)21/h1-8H. The molecule has 7 heteroatoms. The number of halogens is 5. The molecule has 3 aromatic rings. The molecular weight excluding hydrogens is 350 g/mol. The summed E-state index contributed by atoms with van der Waals surface area (Å²) in [5, 5.41) is 0.661. The van der Waals surface area contributed by atoms with Crippen molar-refractivity contribution in [2.45, 2.75) is 6.18 Å². The van der Waals surface area contributed by atoms with Crippen LogP contribution in [0.4, 0.5) is 13.2 Å². The van der Waals surface area contributed by atoms with Crippen LogP contribution in [0.2, 0.25) is 10.0 Å². The van der Waals surface area contributed by atoms with Crippen molar-refractivity contribution in [3.8, 4) is 22.7 Å². The molecule has 0 aliphatic carbocycles. The second-order valence-corrected chi connectivity index (χ2v) is 5.50.